The molecule has 0 aliphatic carbocycles. The first-order chi connectivity index (χ1) is 14.3. The second-order valence-electron chi connectivity index (χ2n) is 6.72. The normalized spacial score (nSPS) is 15.3. The lowest BCUT2D eigenvalue weighted by Crippen LogP contribution is -2.52. The van der Waals surface area contributed by atoms with Gasteiger partial charge >= 0.3 is 12.7 Å². The van der Waals surface area contributed by atoms with Gasteiger partial charge in [0.05, 0.1) is 5.56 Å². The lowest BCUT2D eigenvalue weighted by molar-refractivity contribution is -0.137. The second kappa shape index (κ2) is 11.0. The van der Waals surface area contributed by atoms with Crippen LogP contribution in [0.15, 0.2) is 41.7 Å². The molecule has 0 bridgehead atoms. The summed E-state index contributed by atoms with van der Waals surface area (Å²) in [6, 6.07) is 5.27. The minimum absolute atomic E-state index is 0. The van der Waals surface area contributed by atoms with Gasteiger partial charge in [-0.3, -0.25) is 4.57 Å². The Bertz CT molecular complexity index is 861. The van der Waals surface area contributed by atoms with Crippen LogP contribution in [0, 0.1) is 0 Å². The Labute approximate surface area is 194 Å². The number of hydrogen-bond acceptors (Lipinski definition) is 3. The van der Waals surface area contributed by atoms with Crippen LogP contribution in [0.3, 0.4) is 0 Å². The Balaban J connectivity index is 0.00000341. The number of anilines is 1. The molecule has 1 aliphatic rings. The van der Waals surface area contributed by atoms with Gasteiger partial charge < -0.3 is 15.1 Å². The van der Waals surface area contributed by atoms with Crippen LogP contribution < -0.4 is 10.2 Å². The summed E-state index contributed by atoms with van der Waals surface area (Å²) in [4.78, 5) is 12.2. The van der Waals surface area contributed by atoms with Gasteiger partial charge in [0, 0.05) is 50.8 Å². The highest BCUT2D eigenvalue weighted by molar-refractivity contribution is 14.0. The molecule has 12 heteroatoms. The number of hydrogen-bond donors (Lipinski definition) is 1. The van der Waals surface area contributed by atoms with Crippen molar-refractivity contribution in [3.8, 4) is 0 Å². The third kappa shape index (κ3) is 6.43. The van der Waals surface area contributed by atoms with Crippen LogP contribution in [0.1, 0.15) is 24.9 Å². The number of alkyl halides is 5. The van der Waals surface area contributed by atoms with Gasteiger partial charge in [0.2, 0.25) is 0 Å². The minimum Gasteiger partial charge on any atom is -0.368 e. The van der Waals surface area contributed by atoms with Gasteiger partial charge in [0.1, 0.15) is 12.4 Å². The van der Waals surface area contributed by atoms with Crippen LogP contribution in [-0.4, -0.2) is 53.1 Å². The van der Waals surface area contributed by atoms with Gasteiger partial charge in [-0.15, -0.1) is 24.0 Å². The molecule has 0 spiro atoms. The second-order valence-corrected chi connectivity index (χ2v) is 6.72. The maximum absolute atomic E-state index is 13.0. The lowest BCUT2D eigenvalue weighted by Gasteiger charge is -2.38. The average molecular weight is 558 g/mol. The fourth-order valence-electron chi connectivity index (χ4n) is 3.27. The van der Waals surface area contributed by atoms with Crippen molar-refractivity contribution in [2.24, 2.45) is 4.99 Å². The van der Waals surface area contributed by atoms with Gasteiger partial charge in [-0.25, -0.2) is 9.98 Å². The predicted molar refractivity (Wildman–Crippen MR) is 119 cm³/mol. The lowest BCUT2D eigenvalue weighted by atomic mass is 10.1. The fourth-order valence-corrected chi connectivity index (χ4v) is 3.27. The summed E-state index contributed by atoms with van der Waals surface area (Å²) in [7, 11) is 0. The zero-order valence-electron chi connectivity index (χ0n) is 16.8. The fraction of sp³-hybridized carbons (Fsp3) is 0.474. The van der Waals surface area contributed by atoms with E-state index in [2.05, 4.69) is 15.3 Å². The summed E-state index contributed by atoms with van der Waals surface area (Å²) in [5, 5.41) is 3.13. The van der Waals surface area contributed by atoms with Gasteiger partial charge in [-0.05, 0) is 25.1 Å². The zero-order chi connectivity index (χ0) is 21.7. The number of guanidine groups is 1. The molecular formula is C19H24F5IN6. The molecule has 6 nitrogen and oxygen atoms in total. The predicted octanol–water partition coefficient (Wildman–Crippen LogP) is 4.20. The maximum atomic E-state index is 13.0. The zero-order valence-corrected chi connectivity index (χ0v) is 19.1. The summed E-state index contributed by atoms with van der Waals surface area (Å²) in [6.07, 6.45) is -1.87. The molecule has 0 radical (unpaired) electrons. The number of imidazole rings is 1. The molecule has 0 unspecified atom stereocenters. The first-order valence-electron chi connectivity index (χ1n) is 9.55. The number of halogens is 6. The number of piperazine rings is 1. The number of aromatic nitrogens is 2. The van der Waals surface area contributed by atoms with Crippen molar-refractivity contribution in [1.29, 1.82) is 0 Å². The van der Waals surface area contributed by atoms with Crippen molar-refractivity contribution < 1.29 is 22.0 Å². The van der Waals surface area contributed by atoms with E-state index in [9.17, 15) is 22.0 Å². The van der Waals surface area contributed by atoms with Crippen molar-refractivity contribution >= 4 is 35.6 Å². The first kappa shape index (κ1) is 25.1. The molecule has 3 rings (SSSR count). The van der Waals surface area contributed by atoms with Gasteiger partial charge in [-0.1, -0.05) is 6.07 Å². The topological polar surface area (TPSA) is 48.7 Å². The molecule has 1 aromatic heterocycles. The quantitative estimate of drug-likeness (QED) is 0.259. The Morgan fingerprint density at radius 1 is 1.19 bits per heavy atom. The number of nitrogens with one attached hydrogen (secondary N) is 1. The van der Waals surface area contributed by atoms with E-state index in [0.29, 0.717) is 44.4 Å². The smallest absolute Gasteiger partial charge is 0.368 e. The molecule has 172 valence electrons. The van der Waals surface area contributed by atoms with Crippen LogP contribution in [-0.2, 0) is 12.7 Å². The van der Waals surface area contributed by atoms with Crippen molar-refractivity contribution in [2.45, 2.75) is 26.2 Å². The molecule has 2 aromatic rings. The Kier molecular flexibility index (Phi) is 8.89. The van der Waals surface area contributed by atoms with E-state index in [4.69, 9.17) is 0 Å². The number of aliphatic imine (C=N–C) groups is 1. The third-order valence-electron chi connectivity index (χ3n) is 4.78. The average Bonchev–Trinajstić information content (AvgIpc) is 3.20. The van der Waals surface area contributed by atoms with E-state index in [-0.39, 0.29) is 36.3 Å². The highest BCUT2D eigenvalue weighted by Gasteiger charge is 2.31. The highest BCUT2D eigenvalue weighted by Crippen LogP contribution is 2.31. The van der Waals surface area contributed by atoms with Crippen LogP contribution in [0.4, 0.5) is 27.6 Å². The van der Waals surface area contributed by atoms with Crippen molar-refractivity contribution in [1.82, 2.24) is 19.8 Å². The maximum Gasteiger partial charge on any atom is 0.416 e. The molecule has 1 aliphatic heterocycles. The van der Waals surface area contributed by atoms with Crippen molar-refractivity contribution in [3.63, 3.8) is 0 Å². The SMILES string of the molecule is CCNC(=NCc1nccn1C(F)F)N1CCN(c2cccc(C(F)(F)F)c2)CC1.I. The Morgan fingerprint density at radius 2 is 1.90 bits per heavy atom. The van der Waals surface area contributed by atoms with E-state index >= 15 is 0 Å². The van der Waals surface area contributed by atoms with Gasteiger partial charge in [0.25, 0.3) is 0 Å². The van der Waals surface area contributed by atoms with Crippen LogP contribution >= 0.6 is 24.0 Å². The molecule has 1 N–H and O–H groups in total. The number of rotatable bonds is 5. The highest BCUT2D eigenvalue weighted by atomic mass is 127. The molecule has 0 amide bonds. The minimum atomic E-state index is -4.38. The summed E-state index contributed by atoms with van der Waals surface area (Å²) in [5.74, 6) is 0.716. The summed E-state index contributed by atoms with van der Waals surface area (Å²) >= 11 is 0. The van der Waals surface area contributed by atoms with E-state index in [0.717, 1.165) is 16.7 Å². The molecular weight excluding hydrogens is 534 g/mol. The third-order valence-corrected chi connectivity index (χ3v) is 4.78. The summed E-state index contributed by atoms with van der Waals surface area (Å²) in [5.41, 5.74) is -0.155. The van der Waals surface area contributed by atoms with Crippen LogP contribution in [0.5, 0.6) is 0 Å². The molecule has 31 heavy (non-hydrogen) atoms. The van der Waals surface area contributed by atoms with Gasteiger partial charge in [0.15, 0.2) is 5.96 Å². The molecule has 0 atom stereocenters. The molecule has 2 heterocycles. The molecule has 1 aromatic carbocycles. The molecule has 1 fully saturated rings. The standard InChI is InChI=1S/C19H23F5N6.HI/c1-2-25-18(27-13-16-26-6-7-30(16)17(20)21)29-10-8-28(9-11-29)15-5-3-4-14(12-15)19(22,23)24;/h3-7,12,17H,2,8-11,13H2,1H3,(H,25,27);1H. The summed E-state index contributed by atoms with van der Waals surface area (Å²) in [6.45, 7) is 1.89. The van der Waals surface area contributed by atoms with Crippen LogP contribution in [0.2, 0.25) is 0 Å². The molecule has 0 saturated carbocycles. The number of nitrogens with zero attached hydrogens (tertiary/aromatic N) is 5. The van der Waals surface area contributed by atoms with E-state index in [1.165, 1.54) is 18.5 Å². The van der Waals surface area contributed by atoms with Crippen LogP contribution in [0.25, 0.3) is 0 Å². The van der Waals surface area contributed by atoms with E-state index in [1.807, 2.05) is 16.7 Å². The summed E-state index contributed by atoms with van der Waals surface area (Å²) < 4.78 is 65.6. The van der Waals surface area contributed by atoms with Crippen molar-refractivity contribution in [2.75, 3.05) is 37.6 Å². The molecule has 1 saturated heterocycles. The Hall–Kier alpha value is -2.12. The first-order valence-corrected chi connectivity index (χ1v) is 9.55. The number of benzene rings is 1. The Morgan fingerprint density at radius 3 is 2.52 bits per heavy atom. The van der Waals surface area contributed by atoms with Crippen molar-refractivity contribution in [3.05, 3.63) is 48.0 Å². The largest absolute Gasteiger partial charge is 0.416 e. The monoisotopic (exact) mass is 558 g/mol. The van der Waals surface area contributed by atoms with Gasteiger partial charge in [-0.2, -0.15) is 22.0 Å². The van der Waals surface area contributed by atoms with E-state index in [1.54, 1.807) is 6.07 Å². The van der Waals surface area contributed by atoms with E-state index < -0.39 is 18.3 Å².